The molecule has 0 bridgehead atoms. The first-order chi connectivity index (χ1) is 13.7. The predicted octanol–water partition coefficient (Wildman–Crippen LogP) is 3.71. The number of aromatic nitrogens is 2. The van der Waals surface area contributed by atoms with Crippen LogP contribution in [0, 0.1) is 0 Å². The van der Waals surface area contributed by atoms with Gasteiger partial charge >= 0.3 is 0 Å². The zero-order chi connectivity index (χ0) is 19.7. The Hall–Kier alpha value is -0.830. The van der Waals surface area contributed by atoms with Crippen molar-refractivity contribution in [1.82, 2.24) is 25.3 Å². The van der Waals surface area contributed by atoms with E-state index in [4.69, 9.17) is 4.99 Å². The second-order valence-corrected chi connectivity index (χ2v) is 8.58. The monoisotopic (exact) mass is 516 g/mol. The second-order valence-electron chi connectivity index (χ2n) is 8.58. The molecule has 1 aromatic heterocycles. The van der Waals surface area contributed by atoms with Crippen molar-refractivity contribution in [3.8, 4) is 0 Å². The van der Waals surface area contributed by atoms with Crippen LogP contribution in [-0.2, 0) is 13.5 Å². The van der Waals surface area contributed by atoms with Crippen LogP contribution < -0.4 is 10.6 Å². The number of hydrogen-bond donors (Lipinski definition) is 2. The van der Waals surface area contributed by atoms with Crippen LogP contribution in [0.25, 0.3) is 0 Å². The first-order valence-corrected chi connectivity index (χ1v) is 11.5. The Morgan fingerprint density at radius 1 is 1.10 bits per heavy atom. The van der Waals surface area contributed by atoms with E-state index < -0.39 is 0 Å². The molecular formula is C22H41IN6. The molecule has 29 heavy (non-hydrogen) atoms. The molecule has 7 heteroatoms. The van der Waals surface area contributed by atoms with Gasteiger partial charge < -0.3 is 10.6 Å². The van der Waals surface area contributed by atoms with Crippen LogP contribution >= 0.6 is 24.0 Å². The summed E-state index contributed by atoms with van der Waals surface area (Å²) in [5.74, 6) is 0.982. The predicted molar refractivity (Wildman–Crippen MR) is 132 cm³/mol. The minimum absolute atomic E-state index is 0. The highest BCUT2D eigenvalue weighted by atomic mass is 127. The average molecular weight is 517 g/mol. The lowest BCUT2D eigenvalue weighted by Crippen LogP contribution is -2.54. The van der Waals surface area contributed by atoms with Crippen molar-refractivity contribution in [2.45, 2.75) is 76.7 Å². The number of aliphatic imine (C=N–C) groups is 1. The minimum atomic E-state index is 0. The molecule has 166 valence electrons. The SMILES string of the molecule is CCNC(=NCC1(N2CCCCC2)CCCCC1)NCCCc1cnn(C)c1.I. The maximum atomic E-state index is 5.07. The van der Waals surface area contributed by atoms with Crippen molar-refractivity contribution < 1.29 is 0 Å². The molecule has 0 atom stereocenters. The van der Waals surface area contributed by atoms with E-state index in [1.165, 1.54) is 70.0 Å². The van der Waals surface area contributed by atoms with Gasteiger partial charge in [0.2, 0.25) is 0 Å². The zero-order valence-corrected chi connectivity index (χ0v) is 20.8. The van der Waals surface area contributed by atoms with Gasteiger partial charge in [0.15, 0.2) is 5.96 Å². The van der Waals surface area contributed by atoms with Crippen LogP contribution in [0.1, 0.15) is 70.3 Å². The fourth-order valence-electron chi connectivity index (χ4n) is 4.82. The van der Waals surface area contributed by atoms with E-state index in [-0.39, 0.29) is 24.0 Å². The molecule has 0 amide bonds. The highest BCUT2D eigenvalue weighted by Gasteiger charge is 2.38. The van der Waals surface area contributed by atoms with Crippen LogP contribution in [0.5, 0.6) is 0 Å². The van der Waals surface area contributed by atoms with Crippen LogP contribution in [0.3, 0.4) is 0 Å². The molecule has 2 aliphatic rings. The van der Waals surface area contributed by atoms with Gasteiger partial charge in [0, 0.05) is 31.9 Å². The Kier molecular flexibility index (Phi) is 10.8. The Morgan fingerprint density at radius 2 is 1.83 bits per heavy atom. The fourth-order valence-corrected chi connectivity index (χ4v) is 4.82. The highest BCUT2D eigenvalue weighted by molar-refractivity contribution is 14.0. The number of likely N-dealkylation sites (tertiary alicyclic amines) is 1. The fraction of sp³-hybridized carbons (Fsp3) is 0.818. The molecule has 0 unspecified atom stereocenters. The van der Waals surface area contributed by atoms with E-state index in [2.05, 4.69) is 33.8 Å². The Balaban J connectivity index is 0.00000300. The quantitative estimate of drug-likeness (QED) is 0.240. The third-order valence-electron chi connectivity index (χ3n) is 6.38. The van der Waals surface area contributed by atoms with Crippen molar-refractivity contribution in [3.05, 3.63) is 18.0 Å². The maximum absolute atomic E-state index is 5.07. The first-order valence-electron chi connectivity index (χ1n) is 11.5. The number of nitrogens with one attached hydrogen (secondary N) is 2. The van der Waals surface area contributed by atoms with Gasteiger partial charge in [0.05, 0.1) is 12.7 Å². The summed E-state index contributed by atoms with van der Waals surface area (Å²) in [5.41, 5.74) is 1.61. The molecule has 1 aliphatic heterocycles. The Morgan fingerprint density at radius 3 is 2.48 bits per heavy atom. The summed E-state index contributed by atoms with van der Waals surface area (Å²) < 4.78 is 1.87. The van der Waals surface area contributed by atoms with Gasteiger partial charge in [0.1, 0.15) is 0 Å². The molecule has 2 N–H and O–H groups in total. The normalized spacial score (nSPS) is 20.1. The third-order valence-corrected chi connectivity index (χ3v) is 6.38. The van der Waals surface area contributed by atoms with E-state index in [1.54, 1.807) is 0 Å². The summed E-state index contributed by atoms with van der Waals surface area (Å²) >= 11 is 0. The largest absolute Gasteiger partial charge is 0.357 e. The van der Waals surface area contributed by atoms with Gasteiger partial charge in [-0.25, -0.2) is 0 Å². The maximum Gasteiger partial charge on any atom is 0.191 e. The smallest absolute Gasteiger partial charge is 0.191 e. The highest BCUT2D eigenvalue weighted by Crippen LogP contribution is 2.35. The summed E-state index contributed by atoms with van der Waals surface area (Å²) in [6.45, 7) is 7.47. The van der Waals surface area contributed by atoms with Gasteiger partial charge in [-0.2, -0.15) is 5.10 Å². The topological polar surface area (TPSA) is 57.5 Å². The lowest BCUT2D eigenvalue weighted by atomic mass is 9.79. The molecule has 0 radical (unpaired) electrons. The summed E-state index contributed by atoms with van der Waals surface area (Å²) in [6.07, 6.45) is 17.1. The van der Waals surface area contributed by atoms with E-state index in [1.807, 2.05) is 17.9 Å². The number of rotatable bonds is 8. The lowest BCUT2D eigenvalue weighted by Gasteiger charge is -2.47. The van der Waals surface area contributed by atoms with Gasteiger partial charge in [-0.3, -0.25) is 14.6 Å². The van der Waals surface area contributed by atoms with Gasteiger partial charge in [-0.1, -0.05) is 25.7 Å². The summed E-state index contributed by atoms with van der Waals surface area (Å²) in [6, 6.07) is 0. The molecule has 1 aromatic rings. The van der Waals surface area contributed by atoms with Crippen LogP contribution in [0.15, 0.2) is 17.4 Å². The van der Waals surface area contributed by atoms with Crippen LogP contribution in [0.4, 0.5) is 0 Å². The molecule has 1 saturated carbocycles. The molecule has 6 nitrogen and oxygen atoms in total. The first kappa shape index (κ1) is 24.4. The lowest BCUT2D eigenvalue weighted by molar-refractivity contribution is 0.0407. The molecule has 1 saturated heterocycles. The van der Waals surface area contributed by atoms with E-state index in [0.717, 1.165) is 38.4 Å². The standard InChI is InChI=1S/C22H40N6.HI/c1-3-23-21(24-14-10-11-20-17-26-27(2)18-20)25-19-22(12-6-4-7-13-22)28-15-8-5-9-16-28;/h17-18H,3-16,19H2,1-2H3,(H2,23,24,25);1H. The third kappa shape index (κ3) is 7.42. The zero-order valence-electron chi connectivity index (χ0n) is 18.5. The Labute approximate surface area is 194 Å². The van der Waals surface area contributed by atoms with Crippen LogP contribution in [-0.4, -0.2) is 58.9 Å². The van der Waals surface area contributed by atoms with Crippen molar-refractivity contribution in [2.75, 3.05) is 32.7 Å². The molecule has 0 spiro atoms. The molecule has 1 aliphatic carbocycles. The number of nitrogens with zero attached hydrogens (tertiary/aromatic N) is 4. The van der Waals surface area contributed by atoms with Crippen molar-refractivity contribution in [1.29, 1.82) is 0 Å². The van der Waals surface area contributed by atoms with Gasteiger partial charge in [-0.15, -0.1) is 24.0 Å². The Bertz CT molecular complexity index is 602. The number of halogens is 1. The van der Waals surface area contributed by atoms with Gasteiger partial charge in [0.25, 0.3) is 0 Å². The minimum Gasteiger partial charge on any atom is -0.357 e. The van der Waals surface area contributed by atoms with Gasteiger partial charge in [-0.05, 0) is 64.1 Å². The van der Waals surface area contributed by atoms with Crippen molar-refractivity contribution in [3.63, 3.8) is 0 Å². The van der Waals surface area contributed by atoms with Crippen molar-refractivity contribution >= 4 is 29.9 Å². The number of guanidine groups is 1. The van der Waals surface area contributed by atoms with Crippen molar-refractivity contribution in [2.24, 2.45) is 12.0 Å². The molecule has 2 fully saturated rings. The number of aryl methyl sites for hydroxylation is 2. The van der Waals surface area contributed by atoms with Crippen LogP contribution in [0.2, 0.25) is 0 Å². The molecule has 0 aromatic carbocycles. The average Bonchev–Trinajstić information content (AvgIpc) is 3.15. The summed E-state index contributed by atoms with van der Waals surface area (Å²) in [7, 11) is 1.97. The second kappa shape index (κ2) is 12.8. The van der Waals surface area contributed by atoms with E-state index in [9.17, 15) is 0 Å². The summed E-state index contributed by atoms with van der Waals surface area (Å²) in [5, 5.41) is 11.2. The molecular weight excluding hydrogens is 475 g/mol. The van der Waals surface area contributed by atoms with E-state index in [0.29, 0.717) is 5.54 Å². The molecule has 3 rings (SSSR count). The van der Waals surface area contributed by atoms with E-state index >= 15 is 0 Å². The summed E-state index contributed by atoms with van der Waals surface area (Å²) in [4.78, 5) is 7.85. The number of hydrogen-bond acceptors (Lipinski definition) is 3. The molecule has 2 heterocycles. The number of piperidine rings is 1.